The summed E-state index contributed by atoms with van der Waals surface area (Å²) < 4.78 is 7.16. The van der Waals surface area contributed by atoms with Gasteiger partial charge in [-0.1, -0.05) is 35.5 Å². The van der Waals surface area contributed by atoms with E-state index in [1.807, 2.05) is 47.9 Å². The van der Waals surface area contributed by atoms with Crippen LogP contribution in [0.4, 0.5) is 0 Å². The summed E-state index contributed by atoms with van der Waals surface area (Å²) in [4.78, 5) is 12.1. The molecule has 0 aliphatic heterocycles. The van der Waals surface area contributed by atoms with Gasteiger partial charge in [-0.2, -0.15) is 5.10 Å². The SMILES string of the molecule is CCn1c(SCC(=O)N/N=C\c2ccc(Cl)cc2)nnc1-c1ccc(OC)cc1. The highest BCUT2D eigenvalue weighted by Gasteiger charge is 2.14. The molecular weight excluding hydrogens is 410 g/mol. The molecule has 2 aromatic carbocycles. The molecule has 0 spiro atoms. The number of hydrogen-bond acceptors (Lipinski definition) is 6. The first-order valence-corrected chi connectivity index (χ1v) is 10.2. The van der Waals surface area contributed by atoms with Crippen molar-refractivity contribution in [3.8, 4) is 17.1 Å². The molecule has 0 saturated heterocycles. The fraction of sp³-hybridized carbons (Fsp3) is 0.200. The molecule has 0 aliphatic rings. The summed E-state index contributed by atoms with van der Waals surface area (Å²) in [6.45, 7) is 2.70. The molecule has 1 aromatic heterocycles. The van der Waals surface area contributed by atoms with Gasteiger partial charge in [-0.25, -0.2) is 5.43 Å². The van der Waals surface area contributed by atoms with Gasteiger partial charge >= 0.3 is 0 Å². The maximum Gasteiger partial charge on any atom is 0.250 e. The summed E-state index contributed by atoms with van der Waals surface area (Å²) in [6, 6.07) is 14.8. The van der Waals surface area contributed by atoms with Crippen LogP contribution in [0.25, 0.3) is 11.4 Å². The molecule has 0 fully saturated rings. The van der Waals surface area contributed by atoms with E-state index in [-0.39, 0.29) is 11.7 Å². The van der Waals surface area contributed by atoms with E-state index in [9.17, 15) is 4.79 Å². The normalized spacial score (nSPS) is 11.0. The van der Waals surface area contributed by atoms with E-state index in [1.165, 1.54) is 11.8 Å². The van der Waals surface area contributed by atoms with Crippen LogP contribution in [0.2, 0.25) is 5.02 Å². The Bertz CT molecular complexity index is 987. The molecule has 3 aromatic rings. The number of carbonyl (C=O) groups is 1. The summed E-state index contributed by atoms with van der Waals surface area (Å²) in [7, 11) is 1.63. The second-order valence-corrected chi connectivity index (χ2v) is 7.29. The molecule has 0 radical (unpaired) electrons. The number of nitrogens with zero attached hydrogens (tertiary/aromatic N) is 4. The van der Waals surface area contributed by atoms with E-state index in [2.05, 4.69) is 20.7 Å². The van der Waals surface area contributed by atoms with Gasteiger partial charge in [-0.15, -0.1) is 10.2 Å². The first kappa shape index (κ1) is 20.9. The zero-order valence-electron chi connectivity index (χ0n) is 16.0. The second kappa shape index (κ2) is 10.1. The third kappa shape index (κ3) is 5.58. The first-order valence-electron chi connectivity index (χ1n) is 8.88. The van der Waals surface area contributed by atoms with Crippen molar-refractivity contribution in [1.29, 1.82) is 0 Å². The summed E-state index contributed by atoms with van der Waals surface area (Å²) in [6.07, 6.45) is 1.56. The molecule has 9 heteroatoms. The number of hydrazone groups is 1. The smallest absolute Gasteiger partial charge is 0.250 e. The lowest BCUT2D eigenvalue weighted by molar-refractivity contribution is -0.118. The molecule has 0 unspecified atom stereocenters. The third-order valence-electron chi connectivity index (χ3n) is 3.99. The predicted molar refractivity (Wildman–Crippen MR) is 116 cm³/mol. The van der Waals surface area contributed by atoms with Gasteiger partial charge in [0.25, 0.3) is 5.91 Å². The van der Waals surface area contributed by atoms with Crippen LogP contribution in [0.15, 0.2) is 58.8 Å². The van der Waals surface area contributed by atoms with E-state index >= 15 is 0 Å². The average molecular weight is 430 g/mol. The quantitative estimate of drug-likeness (QED) is 0.334. The molecule has 1 heterocycles. The van der Waals surface area contributed by atoms with Crippen LogP contribution in [-0.2, 0) is 11.3 Å². The van der Waals surface area contributed by atoms with Crippen molar-refractivity contribution < 1.29 is 9.53 Å². The number of methoxy groups -OCH3 is 1. The Hall–Kier alpha value is -2.84. The number of thioether (sulfide) groups is 1. The standard InChI is InChI=1S/C20H20ClN5O2S/c1-3-26-19(15-6-10-17(28-2)11-7-15)24-25-20(26)29-13-18(27)23-22-12-14-4-8-16(21)9-5-14/h4-12H,3,13H2,1-2H3,(H,23,27)/b22-12-. The van der Waals surface area contributed by atoms with Gasteiger partial charge in [0.2, 0.25) is 0 Å². The highest BCUT2D eigenvalue weighted by molar-refractivity contribution is 7.99. The van der Waals surface area contributed by atoms with E-state index in [4.69, 9.17) is 16.3 Å². The fourth-order valence-corrected chi connectivity index (χ4v) is 3.44. The zero-order chi connectivity index (χ0) is 20.6. The number of hydrogen-bond donors (Lipinski definition) is 1. The maximum absolute atomic E-state index is 12.1. The first-order chi connectivity index (χ1) is 14.1. The molecule has 1 amide bonds. The summed E-state index contributed by atoms with van der Waals surface area (Å²) >= 11 is 7.15. The minimum atomic E-state index is -0.225. The highest BCUT2D eigenvalue weighted by atomic mass is 35.5. The van der Waals surface area contributed by atoms with Gasteiger partial charge in [0, 0.05) is 17.1 Å². The molecule has 0 bridgehead atoms. The molecule has 29 heavy (non-hydrogen) atoms. The lowest BCUT2D eigenvalue weighted by Crippen LogP contribution is -2.20. The van der Waals surface area contributed by atoms with Crippen molar-refractivity contribution in [2.75, 3.05) is 12.9 Å². The second-order valence-electron chi connectivity index (χ2n) is 5.91. The van der Waals surface area contributed by atoms with Gasteiger partial charge in [-0.3, -0.25) is 4.79 Å². The molecule has 150 valence electrons. The van der Waals surface area contributed by atoms with Gasteiger partial charge in [-0.05, 0) is 48.9 Å². The minimum Gasteiger partial charge on any atom is -0.497 e. The van der Waals surface area contributed by atoms with Crippen LogP contribution in [0.3, 0.4) is 0 Å². The van der Waals surface area contributed by atoms with Crippen LogP contribution < -0.4 is 10.2 Å². The number of aromatic nitrogens is 3. The number of rotatable bonds is 8. The molecule has 1 N–H and O–H groups in total. The van der Waals surface area contributed by atoms with E-state index in [0.717, 1.165) is 22.7 Å². The summed E-state index contributed by atoms with van der Waals surface area (Å²) in [5, 5.41) is 13.8. The minimum absolute atomic E-state index is 0.179. The van der Waals surface area contributed by atoms with Crippen molar-refractivity contribution >= 4 is 35.5 Å². The van der Waals surface area contributed by atoms with Gasteiger partial charge in [0.05, 0.1) is 19.1 Å². The molecular formula is C20H20ClN5O2S. The van der Waals surface area contributed by atoms with Gasteiger partial charge < -0.3 is 9.30 Å². The number of benzene rings is 2. The largest absolute Gasteiger partial charge is 0.497 e. The Kier molecular flexibility index (Phi) is 7.26. The van der Waals surface area contributed by atoms with Crippen molar-refractivity contribution in [2.45, 2.75) is 18.6 Å². The Morgan fingerprint density at radius 3 is 2.59 bits per heavy atom. The lowest BCUT2D eigenvalue weighted by Gasteiger charge is -2.07. The average Bonchev–Trinajstić information content (AvgIpc) is 3.16. The van der Waals surface area contributed by atoms with Crippen molar-refractivity contribution in [2.24, 2.45) is 5.10 Å². The topological polar surface area (TPSA) is 81.4 Å². The van der Waals surface area contributed by atoms with Crippen LogP contribution in [0.1, 0.15) is 12.5 Å². The third-order valence-corrected chi connectivity index (χ3v) is 5.21. The number of nitrogens with one attached hydrogen (secondary N) is 1. The number of halogens is 1. The maximum atomic E-state index is 12.1. The van der Waals surface area contributed by atoms with Crippen LogP contribution in [-0.4, -0.2) is 39.7 Å². The van der Waals surface area contributed by atoms with Gasteiger partial charge in [0.1, 0.15) is 5.75 Å². The zero-order valence-corrected chi connectivity index (χ0v) is 17.6. The molecule has 3 rings (SSSR count). The van der Waals surface area contributed by atoms with E-state index < -0.39 is 0 Å². The Balaban J connectivity index is 1.59. The number of ether oxygens (including phenoxy) is 1. The van der Waals surface area contributed by atoms with Crippen LogP contribution in [0, 0.1) is 0 Å². The summed E-state index contributed by atoms with van der Waals surface area (Å²) in [5.41, 5.74) is 4.29. The molecule has 7 nitrogen and oxygen atoms in total. The molecule has 0 aliphatic carbocycles. The number of carbonyl (C=O) groups excluding carboxylic acids is 1. The van der Waals surface area contributed by atoms with E-state index in [1.54, 1.807) is 25.5 Å². The molecule has 0 saturated carbocycles. The highest BCUT2D eigenvalue weighted by Crippen LogP contribution is 2.25. The Labute approximate surface area is 178 Å². The van der Waals surface area contributed by atoms with Gasteiger partial charge in [0.15, 0.2) is 11.0 Å². The van der Waals surface area contributed by atoms with Crippen molar-refractivity contribution in [1.82, 2.24) is 20.2 Å². The Morgan fingerprint density at radius 1 is 1.21 bits per heavy atom. The molecule has 0 atom stereocenters. The lowest BCUT2D eigenvalue weighted by atomic mass is 10.2. The predicted octanol–water partition coefficient (Wildman–Crippen LogP) is 3.87. The monoisotopic (exact) mass is 429 g/mol. The number of amides is 1. The fourth-order valence-electron chi connectivity index (χ4n) is 2.52. The Morgan fingerprint density at radius 2 is 1.93 bits per heavy atom. The van der Waals surface area contributed by atoms with E-state index in [0.29, 0.717) is 16.7 Å². The summed E-state index contributed by atoms with van der Waals surface area (Å²) in [5.74, 6) is 1.48. The van der Waals surface area contributed by atoms with Crippen molar-refractivity contribution in [3.05, 3.63) is 59.1 Å². The van der Waals surface area contributed by atoms with Crippen LogP contribution in [0.5, 0.6) is 5.75 Å². The van der Waals surface area contributed by atoms with Crippen molar-refractivity contribution in [3.63, 3.8) is 0 Å². The van der Waals surface area contributed by atoms with Crippen LogP contribution >= 0.6 is 23.4 Å².